The van der Waals surface area contributed by atoms with Crippen LogP contribution in [0.2, 0.25) is 0 Å². The topological polar surface area (TPSA) is 9.23 Å². The van der Waals surface area contributed by atoms with Gasteiger partial charge in [0.15, 0.2) is 0 Å². The van der Waals surface area contributed by atoms with E-state index >= 15 is 0 Å². The monoisotopic (exact) mass is 196 g/mol. The van der Waals surface area contributed by atoms with Crippen molar-refractivity contribution < 1.29 is 4.74 Å². The quantitative estimate of drug-likeness (QED) is 0.665. The molecular formula is C13H24O. The molecule has 0 bridgehead atoms. The lowest BCUT2D eigenvalue weighted by atomic mass is 9.54. The molecule has 82 valence electrons. The van der Waals surface area contributed by atoms with Gasteiger partial charge in [-0.2, -0.15) is 0 Å². The first-order chi connectivity index (χ1) is 6.82. The molecule has 2 rings (SSSR count). The van der Waals surface area contributed by atoms with Crippen molar-refractivity contribution in [3.8, 4) is 0 Å². The Morgan fingerprint density at radius 2 is 2.07 bits per heavy atom. The molecule has 1 nitrogen and oxygen atoms in total. The molecule has 0 aromatic rings. The van der Waals surface area contributed by atoms with E-state index < -0.39 is 0 Å². The number of fused-ring (bicyclic) bond motifs is 1. The lowest BCUT2D eigenvalue weighted by Gasteiger charge is -2.57. The molecule has 0 aliphatic heterocycles. The molecule has 1 heteroatoms. The Morgan fingerprint density at radius 3 is 2.71 bits per heavy atom. The lowest BCUT2D eigenvalue weighted by Crippen LogP contribution is -2.56. The smallest absolute Gasteiger partial charge is 0.0712 e. The summed E-state index contributed by atoms with van der Waals surface area (Å²) >= 11 is 0. The van der Waals surface area contributed by atoms with Gasteiger partial charge in [0, 0.05) is 7.11 Å². The molecular weight excluding hydrogens is 172 g/mol. The highest BCUT2D eigenvalue weighted by molar-refractivity contribution is 5.04. The number of hydrogen-bond acceptors (Lipinski definition) is 1. The van der Waals surface area contributed by atoms with Gasteiger partial charge >= 0.3 is 0 Å². The van der Waals surface area contributed by atoms with Crippen LogP contribution in [-0.2, 0) is 4.74 Å². The highest BCUT2D eigenvalue weighted by atomic mass is 16.5. The van der Waals surface area contributed by atoms with Crippen molar-refractivity contribution in [2.45, 2.75) is 63.9 Å². The Labute approximate surface area is 88.2 Å². The second-order valence-corrected chi connectivity index (χ2v) is 5.23. The summed E-state index contributed by atoms with van der Waals surface area (Å²) in [5.74, 6) is 1.92. The highest BCUT2D eigenvalue weighted by Crippen LogP contribution is 2.55. The summed E-state index contributed by atoms with van der Waals surface area (Å²) in [6, 6.07) is 0. The molecule has 0 N–H and O–H groups in total. The number of ether oxygens (including phenoxy) is 1. The summed E-state index contributed by atoms with van der Waals surface area (Å²) in [6.45, 7) is 2.28. The minimum absolute atomic E-state index is 0.307. The normalized spacial score (nSPS) is 41.6. The summed E-state index contributed by atoms with van der Waals surface area (Å²) < 4.78 is 5.85. The molecule has 0 radical (unpaired) electrons. The molecule has 2 aliphatic rings. The molecule has 0 heterocycles. The first-order valence-electron chi connectivity index (χ1n) is 6.37. The van der Waals surface area contributed by atoms with Crippen LogP contribution in [0.15, 0.2) is 0 Å². The fourth-order valence-electron chi connectivity index (χ4n) is 3.68. The van der Waals surface area contributed by atoms with Crippen LogP contribution in [0.3, 0.4) is 0 Å². The summed E-state index contributed by atoms with van der Waals surface area (Å²) in [6.07, 6.45) is 11.1. The lowest BCUT2D eigenvalue weighted by molar-refractivity contribution is -0.180. The van der Waals surface area contributed by atoms with Crippen LogP contribution in [0.4, 0.5) is 0 Å². The van der Waals surface area contributed by atoms with E-state index in [2.05, 4.69) is 6.92 Å². The Bertz CT molecular complexity index is 186. The van der Waals surface area contributed by atoms with Gasteiger partial charge in [-0.05, 0) is 37.5 Å². The van der Waals surface area contributed by atoms with Gasteiger partial charge in [-0.3, -0.25) is 0 Å². The van der Waals surface area contributed by atoms with Crippen molar-refractivity contribution in [3.05, 3.63) is 0 Å². The summed E-state index contributed by atoms with van der Waals surface area (Å²) in [7, 11) is 1.93. The molecule has 2 fully saturated rings. The van der Waals surface area contributed by atoms with Crippen molar-refractivity contribution in [1.82, 2.24) is 0 Å². The Hall–Kier alpha value is -0.0400. The minimum atomic E-state index is 0.307. The zero-order valence-electron chi connectivity index (χ0n) is 9.72. The van der Waals surface area contributed by atoms with Crippen LogP contribution in [0.1, 0.15) is 58.3 Å². The fraction of sp³-hybridized carbons (Fsp3) is 1.00. The summed E-state index contributed by atoms with van der Waals surface area (Å²) in [5.41, 5.74) is 0.307. The minimum Gasteiger partial charge on any atom is -0.378 e. The maximum absolute atomic E-state index is 5.85. The highest BCUT2D eigenvalue weighted by Gasteiger charge is 2.53. The van der Waals surface area contributed by atoms with Gasteiger partial charge in [0.05, 0.1) is 5.60 Å². The third-order valence-electron chi connectivity index (χ3n) is 4.55. The Balaban J connectivity index is 1.93. The van der Waals surface area contributed by atoms with E-state index in [-0.39, 0.29) is 0 Å². The van der Waals surface area contributed by atoms with Crippen LogP contribution in [-0.4, -0.2) is 12.7 Å². The number of rotatable bonds is 4. The first kappa shape index (κ1) is 10.5. The van der Waals surface area contributed by atoms with Gasteiger partial charge in [-0.1, -0.05) is 32.6 Å². The molecule has 0 saturated heterocycles. The van der Waals surface area contributed by atoms with Crippen molar-refractivity contribution in [2.24, 2.45) is 11.8 Å². The Morgan fingerprint density at radius 1 is 1.29 bits per heavy atom. The second-order valence-electron chi connectivity index (χ2n) is 5.23. The SMILES string of the molecule is CCCCC1(OC)CC2CCCCC21. The standard InChI is InChI=1S/C13H24O/c1-3-4-9-13(14-2)10-11-7-5-6-8-12(11)13/h11-12H,3-10H2,1-2H3. The molecule has 0 aromatic carbocycles. The molecule has 0 amide bonds. The maximum atomic E-state index is 5.85. The Kier molecular flexibility index (Phi) is 3.16. The van der Waals surface area contributed by atoms with Crippen LogP contribution in [0.5, 0.6) is 0 Å². The van der Waals surface area contributed by atoms with Crippen LogP contribution in [0, 0.1) is 11.8 Å². The van der Waals surface area contributed by atoms with Gasteiger partial charge in [0.2, 0.25) is 0 Å². The molecule has 14 heavy (non-hydrogen) atoms. The van der Waals surface area contributed by atoms with E-state index in [0.29, 0.717) is 5.60 Å². The third-order valence-corrected chi connectivity index (χ3v) is 4.55. The van der Waals surface area contributed by atoms with E-state index in [1.807, 2.05) is 7.11 Å². The zero-order valence-corrected chi connectivity index (χ0v) is 9.72. The maximum Gasteiger partial charge on any atom is 0.0712 e. The molecule has 3 unspecified atom stereocenters. The summed E-state index contributed by atoms with van der Waals surface area (Å²) in [4.78, 5) is 0. The van der Waals surface area contributed by atoms with Crippen molar-refractivity contribution in [1.29, 1.82) is 0 Å². The van der Waals surface area contributed by atoms with Gasteiger partial charge in [-0.15, -0.1) is 0 Å². The van der Waals surface area contributed by atoms with E-state index in [1.165, 1.54) is 51.4 Å². The van der Waals surface area contributed by atoms with Gasteiger partial charge in [-0.25, -0.2) is 0 Å². The second kappa shape index (κ2) is 4.22. The number of unbranched alkanes of at least 4 members (excludes halogenated alkanes) is 1. The van der Waals surface area contributed by atoms with Gasteiger partial charge in [0.1, 0.15) is 0 Å². The van der Waals surface area contributed by atoms with Crippen LogP contribution < -0.4 is 0 Å². The van der Waals surface area contributed by atoms with Gasteiger partial charge in [0.25, 0.3) is 0 Å². The number of hydrogen-bond donors (Lipinski definition) is 0. The zero-order chi connectivity index (χ0) is 10.0. The van der Waals surface area contributed by atoms with Gasteiger partial charge < -0.3 is 4.74 Å². The average molecular weight is 196 g/mol. The average Bonchev–Trinajstić information content (AvgIpc) is 2.20. The number of methoxy groups -OCH3 is 1. The molecule has 0 aromatic heterocycles. The van der Waals surface area contributed by atoms with Crippen molar-refractivity contribution in [2.75, 3.05) is 7.11 Å². The first-order valence-corrected chi connectivity index (χ1v) is 6.37. The predicted molar refractivity (Wildman–Crippen MR) is 59.3 cm³/mol. The van der Waals surface area contributed by atoms with Crippen LogP contribution in [0.25, 0.3) is 0 Å². The van der Waals surface area contributed by atoms with E-state index in [1.54, 1.807) is 0 Å². The van der Waals surface area contributed by atoms with Crippen molar-refractivity contribution >= 4 is 0 Å². The van der Waals surface area contributed by atoms with Crippen LogP contribution >= 0.6 is 0 Å². The fourth-order valence-corrected chi connectivity index (χ4v) is 3.68. The molecule has 3 atom stereocenters. The van der Waals surface area contributed by atoms with E-state index in [0.717, 1.165) is 11.8 Å². The predicted octanol–water partition coefficient (Wildman–Crippen LogP) is 3.77. The molecule has 0 spiro atoms. The summed E-state index contributed by atoms with van der Waals surface area (Å²) in [5, 5.41) is 0. The third kappa shape index (κ3) is 1.60. The molecule has 2 aliphatic carbocycles. The largest absolute Gasteiger partial charge is 0.378 e. The van der Waals surface area contributed by atoms with E-state index in [4.69, 9.17) is 4.74 Å². The molecule has 2 saturated carbocycles. The van der Waals surface area contributed by atoms with Crippen molar-refractivity contribution in [3.63, 3.8) is 0 Å². The van der Waals surface area contributed by atoms with E-state index in [9.17, 15) is 0 Å².